The Morgan fingerprint density at radius 1 is 0.929 bits per heavy atom. The maximum absolute atomic E-state index is 3.08. The monoisotopic (exact) mass is 228 g/mol. The van der Waals surface area contributed by atoms with Crippen LogP contribution < -0.4 is 0 Å². The van der Waals surface area contributed by atoms with E-state index in [4.69, 9.17) is 0 Å². The molecule has 0 N–H and O–H groups in total. The van der Waals surface area contributed by atoms with E-state index in [9.17, 15) is 0 Å². The van der Waals surface area contributed by atoms with Crippen molar-refractivity contribution in [2.45, 2.75) is 37.3 Å². The largest absolute Gasteiger partial charge is 0.147 e. The van der Waals surface area contributed by atoms with Crippen LogP contribution in [0.1, 0.15) is 37.7 Å². The fraction of sp³-hybridized carbons (Fsp3) is 0.500. The molecule has 0 amide bonds. The molecule has 0 spiro atoms. The minimum Gasteiger partial charge on any atom is -0.147 e. The average molecular weight is 229 g/mol. The number of rotatable bonds is 1. The van der Waals surface area contributed by atoms with Crippen LogP contribution in [-0.4, -0.2) is 0 Å². The Morgan fingerprint density at radius 3 is 2.07 bits per heavy atom. The van der Waals surface area contributed by atoms with Gasteiger partial charge in [0.15, 0.2) is 0 Å². The maximum atomic E-state index is 3.08. The lowest BCUT2D eigenvalue weighted by molar-refractivity contribution is 0.406. The van der Waals surface area contributed by atoms with Crippen molar-refractivity contribution in [3.8, 4) is 0 Å². The van der Waals surface area contributed by atoms with Crippen molar-refractivity contribution in [2.24, 2.45) is 0 Å². The highest BCUT2D eigenvalue weighted by Gasteiger charge is 2.28. The molecule has 0 saturated heterocycles. The second-order valence-electron chi connectivity index (χ2n) is 4.08. The summed E-state index contributed by atoms with van der Waals surface area (Å²) in [4.78, 5) is 0. The van der Waals surface area contributed by atoms with E-state index in [0.29, 0.717) is 5.16 Å². The minimum absolute atomic E-state index is 0. The summed E-state index contributed by atoms with van der Waals surface area (Å²) in [5.74, 6) is 0. The molecule has 1 aromatic rings. The lowest BCUT2D eigenvalue weighted by Crippen LogP contribution is -2.21. The topological polar surface area (TPSA) is 0 Å². The first kappa shape index (κ1) is 12.0. The molecule has 14 heavy (non-hydrogen) atoms. The maximum Gasteiger partial charge on any atom is 0.00975 e. The minimum atomic E-state index is 0. The first-order valence-electron chi connectivity index (χ1n) is 5.16. The molecular formula is C12H18ClP. The summed E-state index contributed by atoms with van der Waals surface area (Å²) >= 11 is 0. The highest BCUT2D eigenvalue weighted by molar-refractivity contribution is 7.18. The van der Waals surface area contributed by atoms with Gasteiger partial charge in [-0.05, 0) is 18.4 Å². The van der Waals surface area contributed by atoms with Crippen LogP contribution in [0.4, 0.5) is 0 Å². The fourth-order valence-corrected chi connectivity index (χ4v) is 2.84. The summed E-state index contributed by atoms with van der Waals surface area (Å²) in [7, 11) is 3.08. The lowest BCUT2D eigenvalue weighted by atomic mass is 9.83. The van der Waals surface area contributed by atoms with Gasteiger partial charge in [-0.1, -0.05) is 49.6 Å². The summed E-state index contributed by atoms with van der Waals surface area (Å²) in [5.41, 5.74) is 1.50. The van der Waals surface area contributed by atoms with Crippen molar-refractivity contribution in [3.63, 3.8) is 0 Å². The summed E-state index contributed by atoms with van der Waals surface area (Å²) in [5, 5.41) is 0.388. The highest BCUT2D eigenvalue weighted by atomic mass is 35.5. The molecule has 1 unspecified atom stereocenters. The average Bonchev–Trinajstić information content (AvgIpc) is 2.20. The van der Waals surface area contributed by atoms with Gasteiger partial charge in [-0.25, -0.2) is 0 Å². The fourth-order valence-electron chi connectivity index (χ4n) is 2.24. The van der Waals surface area contributed by atoms with Gasteiger partial charge in [-0.2, -0.15) is 0 Å². The SMILES string of the molecule is Cl.PC1(c2ccccc2)CCCCC1. The molecule has 0 radical (unpaired) electrons. The van der Waals surface area contributed by atoms with Crippen LogP contribution in [0.5, 0.6) is 0 Å². The van der Waals surface area contributed by atoms with Gasteiger partial charge in [0.25, 0.3) is 0 Å². The van der Waals surface area contributed by atoms with Crippen molar-refractivity contribution in [1.29, 1.82) is 0 Å². The van der Waals surface area contributed by atoms with Crippen molar-refractivity contribution in [1.82, 2.24) is 0 Å². The Hall–Kier alpha value is -0.0600. The van der Waals surface area contributed by atoms with E-state index >= 15 is 0 Å². The predicted octanol–water partition coefficient (Wildman–Crippen LogP) is 4.14. The highest BCUT2D eigenvalue weighted by Crippen LogP contribution is 2.44. The second kappa shape index (κ2) is 5.14. The Labute approximate surface area is 95.1 Å². The van der Waals surface area contributed by atoms with Crippen LogP contribution in [0, 0.1) is 0 Å². The molecule has 0 aromatic heterocycles. The summed E-state index contributed by atoms with van der Waals surface area (Å²) in [6.45, 7) is 0. The van der Waals surface area contributed by atoms with E-state index in [1.54, 1.807) is 0 Å². The molecule has 1 aliphatic rings. The van der Waals surface area contributed by atoms with Gasteiger partial charge in [-0.3, -0.25) is 0 Å². The van der Waals surface area contributed by atoms with Gasteiger partial charge in [0.2, 0.25) is 0 Å². The van der Waals surface area contributed by atoms with E-state index < -0.39 is 0 Å². The van der Waals surface area contributed by atoms with Crippen LogP contribution in [0.25, 0.3) is 0 Å². The number of benzene rings is 1. The smallest absolute Gasteiger partial charge is 0.00975 e. The zero-order chi connectivity index (χ0) is 9.15. The zero-order valence-electron chi connectivity index (χ0n) is 8.41. The molecule has 1 aliphatic carbocycles. The molecule has 2 rings (SSSR count). The molecule has 2 heteroatoms. The van der Waals surface area contributed by atoms with Crippen molar-refractivity contribution in [3.05, 3.63) is 35.9 Å². The second-order valence-corrected chi connectivity index (χ2v) is 5.19. The van der Waals surface area contributed by atoms with Crippen LogP contribution in [-0.2, 0) is 5.16 Å². The summed E-state index contributed by atoms with van der Waals surface area (Å²) in [6.07, 6.45) is 6.86. The molecule has 1 fully saturated rings. The van der Waals surface area contributed by atoms with Gasteiger partial charge in [-0.15, -0.1) is 21.6 Å². The van der Waals surface area contributed by atoms with Gasteiger partial charge >= 0.3 is 0 Å². The van der Waals surface area contributed by atoms with Crippen LogP contribution in [0.2, 0.25) is 0 Å². The number of halogens is 1. The van der Waals surface area contributed by atoms with Gasteiger partial charge in [0, 0.05) is 5.16 Å². The first-order valence-corrected chi connectivity index (χ1v) is 5.73. The third kappa shape index (κ3) is 2.49. The number of hydrogen-bond donors (Lipinski definition) is 0. The predicted molar refractivity (Wildman–Crippen MR) is 68.2 cm³/mol. The lowest BCUT2D eigenvalue weighted by Gasteiger charge is -2.33. The van der Waals surface area contributed by atoms with Crippen molar-refractivity contribution >= 4 is 21.6 Å². The van der Waals surface area contributed by atoms with E-state index in [2.05, 4.69) is 39.6 Å². The quantitative estimate of drug-likeness (QED) is 0.634. The van der Waals surface area contributed by atoms with Crippen LogP contribution >= 0.6 is 21.6 Å². The van der Waals surface area contributed by atoms with Crippen molar-refractivity contribution in [2.75, 3.05) is 0 Å². The third-order valence-electron chi connectivity index (χ3n) is 3.09. The van der Waals surface area contributed by atoms with Crippen molar-refractivity contribution < 1.29 is 0 Å². The Bertz CT molecular complexity index is 265. The standard InChI is InChI=1S/C12H17P.ClH/c13-12(9-5-2-6-10-12)11-7-3-1-4-8-11;/h1,3-4,7-8H,2,5-6,9-10,13H2;1H. The van der Waals surface area contributed by atoms with E-state index in [0.717, 1.165) is 0 Å². The molecule has 0 bridgehead atoms. The Kier molecular flexibility index (Phi) is 4.41. The Morgan fingerprint density at radius 2 is 1.50 bits per heavy atom. The van der Waals surface area contributed by atoms with E-state index in [1.807, 2.05) is 0 Å². The molecule has 0 nitrogen and oxygen atoms in total. The van der Waals surface area contributed by atoms with Crippen LogP contribution in [0.15, 0.2) is 30.3 Å². The molecular weight excluding hydrogens is 211 g/mol. The number of hydrogen-bond acceptors (Lipinski definition) is 0. The van der Waals surface area contributed by atoms with E-state index in [-0.39, 0.29) is 12.4 Å². The molecule has 1 atom stereocenters. The normalized spacial score (nSPS) is 19.8. The van der Waals surface area contributed by atoms with Crippen LogP contribution in [0.3, 0.4) is 0 Å². The summed E-state index contributed by atoms with van der Waals surface area (Å²) in [6, 6.07) is 10.9. The molecule has 1 aromatic carbocycles. The third-order valence-corrected chi connectivity index (χ3v) is 4.01. The van der Waals surface area contributed by atoms with Gasteiger partial charge < -0.3 is 0 Å². The molecule has 1 saturated carbocycles. The zero-order valence-corrected chi connectivity index (χ0v) is 10.4. The molecule has 78 valence electrons. The van der Waals surface area contributed by atoms with Gasteiger partial charge in [0.1, 0.15) is 0 Å². The molecule has 0 aliphatic heterocycles. The molecule has 0 heterocycles. The van der Waals surface area contributed by atoms with Gasteiger partial charge in [0.05, 0.1) is 0 Å². The summed E-state index contributed by atoms with van der Waals surface area (Å²) < 4.78 is 0. The Balaban J connectivity index is 0.000000980. The van der Waals surface area contributed by atoms with E-state index in [1.165, 1.54) is 37.7 Å². The first-order chi connectivity index (χ1) is 6.31.